The van der Waals surface area contributed by atoms with Crippen LogP contribution in [0.2, 0.25) is 0 Å². The molecule has 0 saturated heterocycles. The van der Waals surface area contributed by atoms with Crippen LogP contribution in [0, 0.1) is 0 Å². The number of benzene rings is 3. The Balaban J connectivity index is 1.54. The highest BCUT2D eigenvalue weighted by Gasteiger charge is 2.29. The number of aromatic hydroxyl groups is 1. The maximum absolute atomic E-state index is 10.2. The monoisotopic (exact) mass is 451 g/mol. The molecule has 2 N–H and O–H groups in total. The Bertz CT molecular complexity index is 1170. The summed E-state index contributed by atoms with van der Waals surface area (Å²) < 4.78 is 0. The summed E-state index contributed by atoms with van der Waals surface area (Å²) in [5.74, 6) is 0.258. The summed E-state index contributed by atoms with van der Waals surface area (Å²) in [4.78, 5) is 2.61. The van der Waals surface area contributed by atoms with Gasteiger partial charge in [0.2, 0.25) is 0 Å². The lowest BCUT2D eigenvalue weighted by atomic mass is 9.86. The van der Waals surface area contributed by atoms with Gasteiger partial charge in [0, 0.05) is 25.7 Å². The number of phenols is 1. The Morgan fingerprint density at radius 2 is 1.62 bits per heavy atom. The van der Waals surface area contributed by atoms with Crippen LogP contribution in [-0.2, 0) is 0 Å². The minimum atomic E-state index is 0.147. The maximum Gasteiger partial charge on any atom is 0.116 e. The van der Waals surface area contributed by atoms with E-state index < -0.39 is 0 Å². The van der Waals surface area contributed by atoms with Gasteiger partial charge in [-0.2, -0.15) is 0 Å². The number of phenolic OH excluding ortho intramolecular Hbond substituents is 1. The first-order chi connectivity index (χ1) is 16.7. The molecule has 3 heteroatoms. The van der Waals surface area contributed by atoms with E-state index in [1.54, 1.807) is 6.07 Å². The molecule has 1 aliphatic heterocycles. The van der Waals surface area contributed by atoms with E-state index in [9.17, 15) is 10.2 Å². The van der Waals surface area contributed by atoms with Crippen LogP contribution in [-0.4, -0.2) is 40.9 Å². The molecule has 0 aromatic heterocycles. The van der Waals surface area contributed by atoms with Crippen LogP contribution in [0.5, 0.6) is 5.75 Å². The zero-order valence-corrected chi connectivity index (χ0v) is 19.7. The Hall–Kier alpha value is -3.14. The van der Waals surface area contributed by atoms with Crippen molar-refractivity contribution in [3.05, 3.63) is 107 Å². The molecule has 0 radical (unpaired) electrons. The molecule has 1 aliphatic carbocycles. The highest BCUT2D eigenvalue weighted by Crippen LogP contribution is 2.37. The van der Waals surface area contributed by atoms with Gasteiger partial charge in [-0.15, -0.1) is 0 Å². The summed E-state index contributed by atoms with van der Waals surface area (Å²) in [5.41, 5.74) is 8.29. The number of hydrogen-bond acceptors (Lipinski definition) is 3. The van der Waals surface area contributed by atoms with Gasteiger partial charge in [-0.3, -0.25) is 4.90 Å². The molecule has 34 heavy (non-hydrogen) atoms. The largest absolute Gasteiger partial charge is 0.508 e. The molecule has 3 aromatic rings. The number of aliphatic hydroxyl groups excluding tert-OH is 1. The highest BCUT2D eigenvalue weighted by atomic mass is 16.3. The number of hydrogen-bond donors (Lipinski definition) is 2. The van der Waals surface area contributed by atoms with Gasteiger partial charge >= 0.3 is 0 Å². The smallest absolute Gasteiger partial charge is 0.116 e. The van der Waals surface area contributed by atoms with Crippen molar-refractivity contribution in [3.63, 3.8) is 0 Å². The average molecular weight is 452 g/mol. The summed E-state index contributed by atoms with van der Waals surface area (Å²) in [6.45, 7) is 2.37. The quantitative estimate of drug-likeness (QED) is 0.391. The van der Waals surface area contributed by atoms with E-state index in [2.05, 4.69) is 65.6 Å². The second-order valence-corrected chi connectivity index (χ2v) is 9.38. The van der Waals surface area contributed by atoms with Crippen LogP contribution in [0.4, 0.5) is 0 Å². The average Bonchev–Trinajstić information content (AvgIpc) is 3.73. The molecule has 0 amide bonds. The number of rotatable bonds is 8. The Kier molecular flexibility index (Phi) is 6.94. The highest BCUT2D eigenvalue weighted by molar-refractivity contribution is 5.99. The first-order valence-corrected chi connectivity index (χ1v) is 12.5. The molecule has 0 spiro atoms. The summed E-state index contributed by atoms with van der Waals surface area (Å²) in [7, 11) is 0. The third-order valence-electron chi connectivity index (χ3n) is 6.99. The van der Waals surface area contributed by atoms with Crippen molar-refractivity contribution in [2.24, 2.45) is 0 Å². The zero-order valence-electron chi connectivity index (χ0n) is 19.7. The van der Waals surface area contributed by atoms with Crippen LogP contribution in [0.1, 0.15) is 54.4 Å². The maximum atomic E-state index is 10.2. The molecule has 1 saturated carbocycles. The van der Waals surface area contributed by atoms with Gasteiger partial charge in [0.05, 0.1) is 0 Å². The van der Waals surface area contributed by atoms with Crippen molar-refractivity contribution in [1.82, 2.24) is 4.90 Å². The van der Waals surface area contributed by atoms with Gasteiger partial charge in [-0.05, 0) is 83.2 Å². The Morgan fingerprint density at radius 3 is 2.26 bits per heavy atom. The van der Waals surface area contributed by atoms with E-state index in [1.165, 1.54) is 29.6 Å². The van der Waals surface area contributed by atoms with Crippen molar-refractivity contribution in [2.75, 3.05) is 19.7 Å². The first-order valence-electron chi connectivity index (χ1n) is 12.5. The van der Waals surface area contributed by atoms with Crippen LogP contribution < -0.4 is 0 Å². The minimum Gasteiger partial charge on any atom is -0.508 e. The molecule has 0 unspecified atom stereocenters. The van der Waals surface area contributed by atoms with Gasteiger partial charge in [0.1, 0.15) is 5.75 Å². The Labute approximate surface area is 202 Å². The number of nitrogens with zero attached hydrogens (tertiary/aromatic N) is 1. The zero-order chi connectivity index (χ0) is 23.3. The van der Waals surface area contributed by atoms with E-state index in [0.717, 1.165) is 54.2 Å². The predicted octanol–water partition coefficient (Wildman–Crippen LogP) is 6.38. The molecule has 1 fully saturated rings. The van der Waals surface area contributed by atoms with Gasteiger partial charge in [-0.25, -0.2) is 0 Å². The molecule has 0 bridgehead atoms. The van der Waals surface area contributed by atoms with Gasteiger partial charge in [-0.1, -0.05) is 72.8 Å². The Morgan fingerprint density at radius 1 is 0.853 bits per heavy atom. The molecule has 1 heterocycles. The van der Waals surface area contributed by atoms with Crippen LogP contribution in [0.15, 0.2) is 84.9 Å². The predicted molar refractivity (Wildman–Crippen MR) is 140 cm³/mol. The van der Waals surface area contributed by atoms with E-state index in [-0.39, 0.29) is 12.4 Å². The normalized spacial score (nSPS) is 17.3. The summed E-state index contributed by atoms with van der Waals surface area (Å²) >= 11 is 0. The van der Waals surface area contributed by atoms with E-state index in [4.69, 9.17) is 0 Å². The van der Waals surface area contributed by atoms with Crippen LogP contribution >= 0.6 is 0 Å². The minimum absolute atomic E-state index is 0.147. The van der Waals surface area contributed by atoms with Gasteiger partial charge in [0.25, 0.3) is 0 Å². The topological polar surface area (TPSA) is 43.7 Å². The standard InChI is InChI=1S/C31H33NO2/c33-21-5-10-30(25-6-2-1-3-7-25)31(27-8-4-9-29(34)22-27)26-13-11-23(12-14-26)24-17-19-32(20-18-24)28-15-16-28/h1-4,6-9,11-14,17,22,28,33-34H,5,10,15-16,18-21H2. The van der Waals surface area contributed by atoms with Crippen LogP contribution in [0.3, 0.4) is 0 Å². The fraction of sp³-hybridized carbons (Fsp3) is 0.290. The first kappa shape index (κ1) is 22.6. The SMILES string of the molecule is OCCCC(=C(c1ccc(C2=CCN(C3CC3)CC2)cc1)c1cccc(O)c1)c1ccccc1. The van der Waals surface area contributed by atoms with Gasteiger partial charge < -0.3 is 10.2 Å². The summed E-state index contributed by atoms with van der Waals surface area (Å²) in [6, 6.07) is 27.6. The summed E-state index contributed by atoms with van der Waals surface area (Å²) in [6.07, 6.45) is 7.69. The fourth-order valence-electron chi connectivity index (χ4n) is 5.05. The fourth-order valence-corrected chi connectivity index (χ4v) is 5.05. The number of allylic oxidation sites excluding steroid dienone is 1. The molecular formula is C31H33NO2. The lowest BCUT2D eigenvalue weighted by Gasteiger charge is -2.26. The molecule has 5 rings (SSSR count). The van der Waals surface area contributed by atoms with Crippen LogP contribution in [0.25, 0.3) is 16.7 Å². The lowest BCUT2D eigenvalue weighted by Crippen LogP contribution is -2.30. The second-order valence-electron chi connectivity index (χ2n) is 9.38. The molecule has 3 aromatic carbocycles. The molecular weight excluding hydrogens is 418 g/mol. The van der Waals surface area contributed by atoms with E-state index in [0.29, 0.717) is 6.42 Å². The lowest BCUT2D eigenvalue weighted by molar-refractivity contribution is 0.290. The van der Waals surface area contributed by atoms with Crippen molar-refractivity contribution in [3.8, 4) is 5.75 Å². The van der Waals surface area contributed by atoms with Crippen molar-refractivity contribution in [2.45, 2.75) is 38.1 Å². The molecule has 174 valence electrons. The third-order valence-corrected chi connectivity index (χ3v) is 6.99. The second kappa shape index (κ2) is 10.4. The summed E-state index contributed by atoms with van der Waals surface area (Å²) in [5, 5.41) is 19.8. The van der Waals surface area contributed by atoms with Crippen molar-refractivity contribution in [1.29, 1.82) is 0 Å². The van der Waals surface area contributed by atoms with Gasteiger partial charge in [0.15, 0.2) is 0 Å². The van der Waals surface area contributed by atoms with Crippen molar-refractivity contribution >= 4 is 16.7 Å². The molecule has 3 nitrogen and oxygen atoms in total. The van der Waals surface area contributed by atoms with E-state index >= 15 is 0 Å². The molecule has 0 atom stereocenters. The van der Waals surface area contributed by atoms with E-state index in [1.807, 2.05) is 18.2 Å². The third kappa shape index (κ3) is 5.16. The van der Waals surface area contributed by atoms with Crippen molar-refractivity contribution < 1.29 is 10.2 Å². The molecule has 2 aliphatic rings. The number of aliphatic hydroxyl groups is 1.